The quantitative estimate of drug-likeness (QED) is 0.0258. The second-order valence-electron chi connectivity index (χ2n) is 13.6. The summed E-state index contributed by atoms with van der Waals surface area (Å²) < 4.78 is 50.4. The summed E-state index contributed by atoms with van der Waals surface area (Å²) in [7, 11) is -1.89. The van der Waals surface area contributed by atoms with Gasteiger partial charge in [0.05, 0.1) is 7.14 Å². The molecule has 0 bridgehead atoms. The summed E-state index contributed by atoms with van der Waals surface area (Å²) in [5, 5.41) is 12.4. The Morgan fingerprint density at radius 3 is 1.48 bits per heavy atom. The number of alkyl halides is 3. The molecule has 0 amide bonds. The van der Waals surface area contributed by atoms with Crippen LogP contribution in [0, 0.1) is 49.4 Å². The maximum absolute atomic E-state index is 13.5. The predicted molar refractivity (Wildman–Crippen MR) is 205 cm³/mol. The van der Waals surface area contributed by atoms with E-state index in [1.54, 1.807) is 12.1 Å². The minimum atomic E-state index is -4.93. The molecule has 1 N–H and O–H groups in total. The smallest absolute Gasteiger partial charge is 0.448 e. The van der Waals surface area contributed by atoms with Gasteiger partial charge in [-0.25, -0.2) is 0 Å². The van der Waals surface area contributed by atoms with Crippen LogP contribution in [0.5, 0.6) is 0 Å². The van der Waals surface area contributed by atoms with Gasteiger partial charge in [0.25, 0.3) is 0 Å². The molecule has 0 heterocycles. The molecular formula is C42H62EuF3O3P. The molecule has 50 heavy (non-hydrogen) atoms. The standard InChI is InChI=1S/C24H51OP.C18H11F3O2.Eu/c1-4-7-10-13-16-19-22-26(25,23-20-17-14-11-8-5-2)24-21-18-15-12-9-6-3;19-18(20,21)17(23)10-16(22)13-8-7-12-6-5-11-3-1-2-4-14(11)15(12)9-13;/h4-24H2,1-3H3;1-10,23H;/b;17-10-;. The van der Waals surface area contributed by atoms with Crippen molar-refractivity contribution in [3.05, 3.63) is 72.0 Å². The summed E-state index contributed by atoms with van der Waals surface area (Å²) >= 11 is 0. The van der Waals surface area contributed by atoms with Gasteiger partial charge in [-0.2, -0.15) is 13.2 Å². The van der Waals surface area contributed by atoms with Crippen molar-refractivity contribution >= 4 is 34.5 Å². The van der Waals surface area contributed by atoms with E-state index in [0.717, 1.165) is 40.0 Å². The van der Waals surface area contributed by atoms with Crippen LogP contribution in [0.4, 0.5) is 13.2 Å². The van der Waals surface area contributed by atoms with Crippen molar-refractivity contribution in [1.29, 1.82) is 0 Å². The summed E-state index contributed by atoms with van der Waals surface area (Å²) in [6.45, 7) is 6.82. The van der Waals surface area contributed by atoms with Gasteiger partial charge in [-0.15, -0.1) is 0 Å². The Hall–Kier alpha value is -1.01. The van der Waals surface area contributed by atoms with Crippen LogP contribution >= 0.6 is 7.14 Å². The number of fused-ring (bicyclic) bond motifs is 3. The first kappa shape index (κ1) is 47.0. The van der Waals surface area contributed by atoms with Crippen molar-refractivity contribution in [3.8, 4) is 0 Å². The zero-order chi connectivity index (χ0) is 36.0. The maximum atomic E-state index is 13.5. The Labute approximate surface area is 341 Å². The van der Waals surface area contributed by atoms with Crippen molar-refractivity contribution in [3.63, 3.8) is 0 Å². The van der Waals surface area contributed by atoms with Gasteiger partial charge < -0.3 is 9.67 Å². The largest absolute Gasteiger partial charge is 0.504 e. The SMILES string of the molecule is CCCCCCCCP(=O)(CCCCCCCC)CCCCCCCC.O=C(/C=C(\O)C(F)(F)F)c1ccc2ccc3ccccc3c2c1.[Eu]. The predicted octanol–water partition coefficient (Wildman–Crippen LogP) is 14.6. The number of halogens is 3. The summed E-state index contributed by atoms with van der Waals surface area (Å²) in [4.78, 5) is 11.9. The second kappa shape index (κ2) is 26.7. The third-order valence-corrected chi connectivity index (χ3v) is 12.7. The number of unbranched alkanes of at least 4 members (excludes halogenated alkanes) is 15. The first-order valence-electron chi connectivity index (χ1n) is 19.1. The van der Waals surface area contributed by atoms with Crippen LogP contribution in [0.25, 0.3) is 21.5 Å². The molecule has 0 aliphatic carbocycles. The van der Waals surface area contributed by atoms with E-state index in [2.05, 4.69) is 20.8 Å². The molecule has 0 aromatic heterocycles. The number of hydrogen-bond donors (Lipinski definition) is 1. The zero-order valence-electron chi connectivity index (χ0n) is 30.8. The van der Waals surface area contributed by atoms with Crippen LogP contribution in [0.15, 0.2) is 66.4 Å². The van der Waals surface area contributed by atoms with Gasteiger partial charge in [0.15, 0.2) is 5.78 Å². The summed E-state index contributed by atoms with van der Waals surface area (Å²) in [5.74, 6) is -2.80. The van der Waals surface area contributed by atoms with Crippen LogP contribution in [0.3, 0.4) is 0 Å². The molecule has 0 aliphatic rings. The van der Waals surface area contributed by atoms with Crippen LogP contribution in [0.1, 0.15) is 147 Å². The van der Waals surface area contributed by atoms with E-state index in [-0.39, 0.29) is 61.0 Å². The maximum Gasteiger partial charge on any atom is 0.448 e. The number of rotatable bonds is 23. The first-order chi connectivity index (χ1) is 23.5. The topological polar surface area (TPSA) is 54.4 Å². The number of ketones is 1. The molecule has 0 atom stereocenters. The van der Waals surface area contributed by atoms with Crippen molar-refractivity contribution < 1.29 is 77.0 Å². The number of allylic oxidation sites excluding steroid dienone is 2. The number of carbonyl (C=O) groups excluding carboxylic acids is 1. The third kappa shape index (κ3) is 18.7. The molecule has 3 rings (SSSR count). The molecule has 0 saturated carbocycles. The summed E-state index contributed by atoms with van der Waals surface area (Å²) in [5.41, 5.74) is 0.0876. The zero-order valence-corrected chi connectivity index (χ0v) is 34.2. The average molecular weight is 855 g/mol. The van der Waals surface area contributed by atoms with Crippen LogP contribution in [-0.4, -0.2) is 35.6 Å². The molecule has 0 saturated heterocycles. The van der Waals surface area contributed by atoms with Crippen LogP contribution in [0.2, 0.25) is 0 Å². The number of benzene rings is 3. The number of aliphatic hydroxyl groups excluding tert-OH is 1. The molecule has 281 valence electrons. The van der Waals surface area contributed by atoms with Crippen molar-refractivity contribution in [2.45, 2.75) is 143 Å². The Morgan fingerprint density at radius 1 is 0.620 bits per heavy atom. The minimum absolute atomic E-state index is 0. The Morgan fingerprint density at radius 2 is 1.02 bits per heavy atom. The fourth-order valence-corrected chi connectivity index (χ4v) is 9.39. The van der Waals surface area contributed by atoms with Gasteiger partial charge >= 0.3 is 6.18 Å². The van der Waals surface area contributed by atoms with E-state index < -0.39 is 24.9 Å². The van der Waals surface area contributed by atoms with E-state index in [9.17, 15) is 22.5 Å². The Kier molecular flexibility index (Phi) is 25.1. The second-order valence-corrected chi connectivity index (χ2v) is 17.1. The monoisotopic (exact) mass is 855 g/mol. The van der Waals surface area contributed by atoms with Gasteiger partial charge in [0.2, 0.25) is 5.76 Å². The molecular weight excluding hydrogens is 792 g/mol. The van der Waals surface area contributed by atoms with Crippen molar-refractivity contribution in [2.24, 2.45) is 0 Å². The molecule has 0 unspecified atom stereocenters. The number of aliphatic hydroxyl groups is 1. The van der Waals surface area contributed by atoms with Crippen LogP contribution < -0.4 is 0 Å². The van der Waals surface area contributed by atoms with Crippen molar-refractivity contribution in [1.82, 2.24) is 0 Å². The van der Waals surface area contributed by atoms with E-state index in [1.165, 1.54) is 122 Å². The Bertz CT molecular complexity index is 1410. The molecule has 8 heteroatoms. The normalized spacial score (nSPS) is 12.1. The van der Waals surface area contributed by atoms with Crippen molar-refractivity contribution in [2.75, 3.05) is 18.5 Å². The Balaban J connectivity index is 0.000000492. The van der Waals surface area contributed by atoms with E-state index in [1.807, 2.05) is 36.4 Å². The first-order valence-corrected chi connectivity index (χ1v) is 21.3. The van der Waals surface area contributed by atoms with Gasteiger partial charge in [-0.05, 0) is 46.9 Å². The molecule has 0 fully saturated rings. The van der Waals surface area contributed by atoms with Gasteiger partial charge in [-0.1, -0.05) is 166 Å². The fraction of sp³-hybridized carbons (Fsp3) is 0.595. The third-order valence-electron chi connectivity index (χ3n) is 9.35. The average Bonchev–Trinajstić information content (AvgIpc) is 3.09. The fourth-order valence-electron chi connectivity index (χ4n) is 6.32. The summed E-state index contributed by atoms with van der Waals surface area (Å²) in [6, 6.07) is 16.0. The number of hydrogen-bond acceptors (Lipinski definition) is 3. The minimum Gasteiger partial charge on any atom is -0.504 e. The van der Waals surface area contributed by atoms with Crippen LogP contribution in [-0.2, 0) is 4.57 Å². The molecule has 0 aliphatic heterocycles. The molecule has 3 aromatic carbocycles. The van der Waals surface area contributed by atoms with Gasteiger partial charge in [0, 0.05) is 79.5 Å². The number of carbonyl (C=O) groups is 1. The molecule has 3 nitrogen and oxygen atoms in total. The van der Waals surface area contributed by atoms with Gasteiger partial charge in [0.1, 0.15) is 0 Å². The molecule has 0 spiro atoms. The molecule has 3 aromatic rings. The molecule has 1 radical (unpaired) electrons. The summed E-state index contributed by atoms with van der Waals surface area (Å²) in [6.07, 6.45) is 22.2. The van der Waals surface area contributed by atoms with Gasteiger partial charge in [-0.3, -0.25) is 4.79 Å². The van der Waals surface area contributed by atoms with E-state index >= 15 is 0 Å². The van der Waals surface area contributed by atoms with E-state index in [0.29, 0.717) is 0 Å². The van der Waals surface area contributed by atoms with E-state index in [4.69, 9.17) is 5.11 Å².